The zero-order valence-corrected chi connectivity index (χ0v) is 14.1. The predicted molar refractivity (Wildman–Crippen MR) is 88.6 cm³/mol. The molecule has 0 radical (unpaired) electrons. The van der Waals surface area contributed by atoms with Gasteiger partial charge < -0.3 is 10.4 Å². The zero-order chi connectivity index (χ0) is 17.9. The van der Waals surface area contributed by atoms with Crippen LogP contribution < -0.4 is 5.32 Å². The lowest BCUT2D eigenvalue weighted by molar-refractivity contribution is -0.147. The third-order valence-corrected chi connectivity index (χ3v) is 4.28. The minimum atomic E-state index is -1.59. The molecule has 0 aromatic heterocycles. The molecule has 1 heterocycles. The average molecular weight is 352 g/mol. The van der Waals surface area contributed by atoms with Crippen molar-refractivity contribution >= 4 is 35.1 Å². The highest BCUT2D eigenvalue weighted by Gasteiger charge is 2.41. The van der Waals surface area contributed by atoms with Gasteiger partial charge in [0, 0.05) is 24.9 Å². The Morgan fingerprint density at radius 3 is 2.46 bits per heavy atom. The van der Waals surface area contributed by atoms with Crippen molar-refractivity contribution in [1.29, 1.82) is 0 Å². The van der Waals surface area contributed by atoms with Gasteiger partial charge in [-0.05, 0) is 24.1 Å². The summed E-state index contributed by atoms with van der Waals surface area (Å²) in [4.78, 5) is 35.9. The number of carboxylic acid groups (broad SMARTS) is 1. The molecule has 2 N–H and O–H groups in total. The van der Waals surface area contributed by atoms with Crippen molar-refractivity contribution in [2.45, 2.75) is 31.7 Å². The number of carbonyl (C=O) groups excluding carboxylic acids is 2. The maximum atomic E-state index is 12.5. The fraction of sp³-hybridized carbons (Fsp3) is 0.375. The second kappa shape index (κ2) is 7.00. The van der Waals surface area contributed by atoms with Crippen molar-refractivity contribution in [3.63, 3.8) is 0 Å². The number of hydrazone groups is 1. The smallest absolute Gasteiger partial charge is 0.334 e. The Bertz CT molecular complexity index is 702. The lowest BCUT2D eigenvalue weighted by Gasteiger charge is -2.31. The number of hydrogen-bond acceptors (Lipinski definition) is 4. The van der Waals surface area contributed by atoms with Crippen LogP contribution in [0.2, 0.25) is 5.02 Å². The second-order valence-corrected chi connectivity index (χ2v) is 5.93. The number of nitrogens with one attached hydrogen (secondary N) is 1. The molecule has 8 heteroatoms. The molecule has 0 spiro atoms. The first-order chi connectivity index (χ1) is 11.3. The minimum Gasteiger partial charge on any atom is -0.479 e. The van der Waals surface area contributed by atoms with Crippen molar-refractivity contribution in [1.82, 2.24) is 10.3 Å². The molecule has 0 bridgehead atoms. The standard InChI is InChI=1S/C16H18ClN3O4/c1-3-16(15(23)24,10-4-6-11(17)7-5-10)18-14(22)12-8-9-13(21)20(2)19-12/h4-7H,3,8-9H2,1-2H3,(H,18,22)(H,23,24). The average Bonchev–Trinajstić information content (AvgIpc) is 2.55. The highest BCUT2D eigenvalue weighted by Crippen LogP contribution is 2.27. The lowest BCUT2D eigenvalue weighted by atomic mass is 9.86. The Hall–Kier alpha value is -2.41. The lowest BCUT2D eigenvalue weighted by Crippen LogP contribution is -2.54. The van der Waals surface area contributed by atoms with E-state index >= 15 is 0 Å². The summed E-state index contributed by atoms with van der Waals surface area (Å²) in [6.45, 7) is 1.67. The van der Waals surface area contributed by atoms with Crippen LogP contribution in [-0.2, 0) is 19.9 Å². The molecule has 2 amide bonds. The monoisotopic (exact) mass is 351 g/mol. The maximum absolute atomic E-state index is 12.5. The molecule has 0 saturated carbocycles. The third kappa shape index (κ3) is 3.41. The van der Waals surface area contributed by atoms with Gasteiger partial charge in [-0.25, -0.2) is 9.80 Å². The van der Waals surface area contributed by atoms with Crippen molar-refractivity contribution < 1.29 is 19.5 Å². The van der Waals surface area contributed by atoms with Crippen LogP contribution in [-0.4, -0.2) is 40.7 Å². The molecule has 1 aliphatic rings. The molecule has 1 unspecified atom stereocenters. The van der Waals surface area contributed by atoms with Gasteiger partial charge in [0.05, 0.1) is 0 Å². The van der Waals surface area contributed by atoms with E-state index in [-0.39, 0.29) is 30.9 Å². The summed E-state index contributed by atoms with van der Waals surface area (Å²) in [6, 6.07) is 6.28. The van der Waals surface area contributed by atoms with E-state index in [0.717, 1.165) is 5.01 Å². The van der Waals surface area contributed by atoms with E-state index < -0.39 is 17.4 Å². The molecule has 1 aliphatic heterocycles. The quantitative estimate of drug-likeness (QED) is 0.844. The number of carboxylic acids is 1. The van der Waals surface area contributed by atoms with Gasteiger partial charge in [-0.3, -0.25) is 9.59 Å². The van der Waals surface area contributed by atoms with E-state index in [1.54, 1.807) is 31.2 Å². The van der Waals surface area contributed by atoms with E-state index in [0.29, 0.717) is 10.6 Å². The Morgan fingerprint density at radius 2 is 1.96 bits per heavy atom. The second-order valence-electron chi connectivity index (χ2n) is 5.49. The first-order valence-electron chi connectivity index (χ1n) is 7.46. The van der Waals surface area contributed by atoms with Gasteiger partial charge in [0.15, 0.2) is 5.54 Å². The van der Waals surface area contributed by atoms with Gasteiger partial charge in [0.1, 0.15) is 5.71 Å². The van der Waals surface area contributed by atoms with Crippen LogP contribution in [0.4, 0.5) is 0 Å². The minimum absolute atomic E-state index is 0.130. The first-order valence-corrected chi connectivity index (χ1v) is 7.84. The van der Waals surface area contributed by atoms with Crippen molar-refractivity contribution in [2.75, 3.05) is 7.05 Å². The van der Waals surface area contributed by atoms with E-state index in [2.05, 4.69) is 10.4 Å². The Balaban J connectivity index is 2.34. The van der Waals surface area contributed by atoms with E-state index in [1.165, 1.54) is 7.05 Å². The number of amides is 2. The van der Waals surface area contributed by atoms with E-state index in [9.17, 15) is 19.5 Å². The number of halogens is 1. The molecule has 2 rings (SSSR count). The van der Waals surface area contributed by atoms with Gasteiger partial charge in [0.25, 0.3) is 5.91 Å². The van der Waals surface area contributed by atoms with Crippen LogP contribution in [0.5, 0.6) is 0 Å². The van der Waals surface area contributed by atoms with Crippen LogP contribution in [0, 0.1) is 0 Å². The first kappa shape index (κ1) is 17.9. The molecular formula is C16H18ClN3O4. The number of hydrogen-bond donors (Lipinski definition) is 2. The largest absolute Gasteiger partial charge is 0.479 e. The third-order valence-electron chi connectivity index (χ3n) is 4.03. The van der Waals surface area contributed by atoms with Gasteiger partial charge >= 0.3 is 5.97 Å². The summed E-state index contributed by atoms with van der Waals surface area (Å²) in [5, 5.41) is 17.8. The molecule has 0 fully saturated rings. The predicted octanol–water partition coefficient (Wildman–Crippen LogP) is 1.75. The molecule has 1 aromatic rings. The highest BCUT2D eigenvalue weighted by molar-refractivity contribution is 6.40. The summed E-state index contributed by atoms with van der Waals surface area (Å²) in [7, 11) is 1.46. The van der Waals surface area contributed by atoms with Crippen LogP contribution in [0.1, 0.15) is 31.7 Å². The number of nitrogens with zero attached hydrogens (tertiary/aromatic N) is 2. The molecule has 1 atom stereocenters. The summed E-state index contributed by atoms with van der Waals surface area (Å²) >= 11 is 5.85. The van der Waals surface area contributed by atoms with E-state index in [1.807, 2.05) is 0 Å². The number of benzene rings is 1. The molecule has 1 aromatic carbocycles. The Kier molecular flexibility index (Phi) is 5.23. The molecule has 0 saturated heterocycles. The summed E-state index contributed by atoms with van der Waals surface area (Å²) in [6.07, 6.45) is 0.475. The highest BCUT2D eigenvalue weighted by atomic mass is 35.5. The number of rotatable bonds is 5. The molecular weight excluding hydrogens is 334 g/mol. The molecule has 0 aliphatic carbocycles. The fourth-order valence-electron chi connectivity index (χ4n) is 2.53. The summed E-state index contributed by atoms with van der Waals surface area (Å²) in [5.41, 5.74) is -1.05. The SMILES string of the molecule is CCC(NC(=O)C1=NN(C)C(=O)CC1)(C(=O)O)c1ccc(Cl)cc1. The Labute approximate surface area is 144 Å². The molecule has 128 valence electrons. The Morgan fingerprint density at radius 1 is 1.33 bits per heavy atom. The van der Waals surface area contributed by atoms with Gasteiger partial charge in [-0.1, -0.05) is 30.7 Å². The van der Waals surface area contributed by atoms with Crippen LogP contribution in [0.15, 0.2) is 29.4 Å². The van der Waals surface area contributed by atoms with Crippen molar-refractivity contribution in [3.8, 4) is 0 Å². The fourth-order valence-corrected chi connectivity index (χ4v) is 2.65. The van der Waals surface area contributed by atoms with Crippen LogP contribution in [0.25, 0.3) is 0 Å². The van der Waals surface area contributed by atoms with E-state index in [4.69, 9.17) is 11.6 Å². The number of carbonyl (C=O) groups is 3. The summed E-state index contributed by atoms with van der Waals surface area (Å²) < 4.78 is 0. The zero-order valence-electron chi connectivity index (χ0n) is 13.4. The van der Waals surface area contributed by atoms with Gasteiger partial charge in [0.2, 0.25) is 5.91 Å². The maximum Gasteiger partial charge on any atom is 0.334 e. The topological polar surface area (TPSA) is 99.1 Å². The van der Waals surface area contributed by atoms with Crippen LogP contribution in [0.3, 0.4) is 0 Å². The van der Waals surface area contributed by atoms with Gasteiger partial charge in [-0.15, -0.1) is 0 Å². The van der Waals surface area contributed by atoms with Crippen LogP contribution >= 0.6 is 11.6 Å². The normalized spacial score (nSPS) is 17.0. The molecule has 7 nitrogen and oxygen atoms in total. The van der Waals surface area contributed by atoms with Crippen molar-refractivity contribution in [3.05, 3.63) is 34.9 Å². The number of aliphatic carboxylic acids is 1. The van der Waals surface area contributed by atoms with Crippen molar-refractivity contribution in [2.24, 2.45) is 5.10 Å². The summed E-state index contributed by atoms with van der Waals surface area (Å²) in [5.74, 6) is -1.97. The molecule has 24 heavy (non-hydrogen) atoms. The van der Waals surface area contributed by atoms with Gasteiger partial charge in [-0.2, -0.15) is 5.10 Å².